The van der Waals surface area contributed by atoms with E-state index in [0.29, 0.717) is 16.8 Å². The lowest BCUT2D eigenvalue weighted by Crippen LogP contribution is -2.52. The van der Waals surface area contributed by atoms with E-state index in [2.05, 4.69) is 15.4 Å². The molecule has 0 radical (unpaired) electrons. The van der Waals surface area contributed by atoms with Gasteiger partial charge in [0.15, 0.2) is 5.75 Å². The Kier molecular flexibility index (Phi) is 2.67. The average Bonchev–Trinajstić information content (AvgIpc) is 2.39. The second kappa shape index (κ2) is 4.39. The lowest BCUT2D eigenvalue weighted by molar-refractivity contribution is 0.0764. The van der Waals surface area contributed by atoms with Crippen LogP contribution in [0.1, 0.15) is 12.8 Å². The van der Waals surface area contributed by atoms with Crippen LogP contribution in [0.2, 0.25) is 5.15 Å². The summed E-state index contributed by atoms with van der Waals surface area (Å²) >= 11 is 5.76. The summed E-state index contributed by atoms with van der Waals surface area (Å²) in [6.45, 7) is 3.57. The monoisotopic (exact) mass is 277 g/mol. The highest BCUT2D eigenvalue weighted by Crippen LogP contribution is 2.42. The Bertz CT molecular complexity index is 512. The molecule has 1 aromatic heterocycles. The second-order valence-electron chi connectivity index (χ2n) is 5.73. The summed E-state index contributed by atoms with van der Waals surface area (Å²) in [5.74, 6) is 2.19. The van der Waals surface area contributed by atoms with E-state index in [-0.39, 0.29) is 0 Å². The van der Waals surface area contributed by atoms with Gasteiger partial charge in [-0.05, 0) is 36.5 Å². The lowest BCUT2D eigenvalue weighted by Gasteiger charge is -2.49. The van der Waals surface area contributed by atoms with Crippen LogP contribution < -0.4 is 10.3 Å². The normalized spacial score (nSPS) is 31.7. The van der Waals surface area contributed by atoms with Gasteiger partial charge >= 0.3 is 0 Å². The SMILES string of the molecule is Clc1ccc(ONC2=C3CC4CC2CN(C3)C4)cn1. The summed E-state index contributed by atoms with van der Waals surface area (Å²) in [5.41, 5.74) is 6.01. The van der Waals surface area contributed by atoms with E-state index in [1.165, 1.54) is 37.2 Å². The topological polar surface area (TPSA) is 37.4 Å². The first-order chi connectivity index (χ1) is 9.28. The minimum Gasteiger partial charge on any atom is -0.381 e. The van der Waals surface area contributed by atoms with Crippen molar-refractivity contribution in [2.45, 2.75) is 12.8 Å². The third kappa shape index (κ3) is 2.09. The van der Waals surface area contributed by atoms with Crippen LogP contribution in [0.25, 0.3) is 0 Å². The highest BCUT2D eigenvalue weighted by atomic mass is 35.5. The van der Waals surface area contributed by atoms with Gasteiger partial charge in [-0.3, -0.25) is 4.90 Å². The van der Waals surface area contributed by atoms with Crippen molar-refractivity contribution in [1.82, 2.24) is 15.4 Å². The first kappa shape index (κ1) is 11.6. The fourth-order valence-corrected chi connectivity index (χ4v) is 3.76. The van der Waals surface area contributed by atoms with Crippen LogP contribution in [0.4, 0.5) is 0 Å². The largest absolute Gasteiger partial charge is 0.381 e. The highest BCUT2D eigenvalue weighted by molar-refractivity contribution is 6.29. The number of piperidine rings is 2. The molecule has 4 nitrogen and oxygen atoms in total. The molecule has 5 heteroatoms. The van der Waals surface area contributed by atoms with Crippen molar-refractivity contribution in [3.63, 3.8) is 0 Å². The molecule has 4 aliphatic rings. The van der Waals surface area contributed by atoms with Crippen molar-refractivity contribution in [3.05, 3.63) is 34.8 Å². The lowest BCUT2D eigenvalue weighted by atomic mass is 9.73. The predicted molar refractivity (Wildman–Crippen MR) is 72.7 cm³/mol. The molecule has 0 aromatic carbocycles. The van der Waals surface area contributed by atoms with E-state index in [9.17, 15) is 0 Å². The third-order valence-electron chi connectivity index (χ3n) is 4.33. The standard InChI is InChI=1S/C14H16ClN3O/c15-13-2-1-12(5-16-13)19-17-14-10-3-9-4-11(14)8-18(6-9)7-10/h1-2,5,9-10,17H,3-4,6-8H2. The van der Waals surface area contributed by atoms with Crippen molar-refractivity contribution in [3.8, 4) is 5.75 Å². The molecule has 2 saturated heterocycles. The third-order valence-corrected chi connectivity index (χ3v) is 4.55. The van der Waals surface area contributed by atoms with Crippen molar-refractivity contribution < 1.29 is 4.84 Å². The van der Waals surface area contributed by atoms with Gasteiger partial charge in [-0.2, -0.15) is 0 Å². The van der Waals surface area contributed by atoms with E-state index >= 15 is 0 Å². The maximum atomic E-state index is 5.76. The number of rotatable bonds is 3. The zero-order valence-corrected chi connectivity index (χ0v) is 11.4. The molecule has 1 aromatic rings. The first-order valence-electron chi connectivity index (χ1n) is 6.76. The maximum absolute atomic E-state index is 5.76. The fraction of sp³-hybridized carbons (Fsp3) is 0.500. The van der Waals surface area contributed by atoms with E-state index in [1.54, 1.807) is 12.3 Å². The summed E-state index contributed by atoms with van der Waals surface area (Å²) < 4.78 is 0. The minimum absolute atomic E-state index is 0.483. The molecule has 100 valence electrons. The molecule has 4 heterocycles. The van der Waals surface area contributed by atoms with Gasteiger partial charge in [-0.15, -0.1) is 0 Å². The van der Waals surface area contributed by atoms with E-state index in [1.807, 2.05) is 6.07 Å². The van der Waals surface area contributed by atoms with Gasteiger partial charge in [-0.1, -0.05) is 11.6 Å². The van der Waals surface area contributed by atoms with Gasteiger partial charge < -0.3 is 4.84 Å². The van der Waals surface area contributed by atoms with Gasteiger partial charge in [-0.25, -0.2) is 10.5 Å². The number of nitrogens with zero attached hydrogens (tertiary/aromatic N) is 2. The molecule has 0 amide bonds. The number of pyridine rings is 1. The number of nitrogens with one attached hydrogen (secondary N) is 1. The fourth-order valence-electron chi connectivity index (χ4n) is 3.65. The molecule has 0 spiro atoms. The van der Waals surface area contributed by atoms with Crippen molar-refractivity contribution in [2.24, 2.45) is 11.8 Å². The average molecular weight is 278 g/mol. The Morgan fingerprint density at radius 1 is 1.37 bits per heavy atom. The number of halogens is 1. The molecular weight excluding hydrogens is 262 g/mol. The molecule has 5 rings (SSSR count). The number of hydrogen-bond acceptors (Lipinski definition) is 4. The second-order valence-corrected chi connectivity index (χ2v) is 6.12. The minimum atomic E-state index is 0.483. The Morgan fingerprint density at radius 3 is 3.05 bits per heavy atom. The summed E-state index contributed by atoms with van der Waals surface area (Å²) in [6.07, 6.45) is 4.17. The number of hydrogen-bond donors (Lipinski definition) is 1. The summed E-state index contributed by atoms with van der Waals surface area (Å²) in [5, 5.41) is 0.483. The zero-order chi connectivity index (χ0) is 12.8. The molecule has 3 aliphatic heterocycles. The highest BCUT2D eigenvalue weighted by Gasteiger charge is 2.40. The predicted octanol–water partition coefficient (Wildman–Crippen LogP) is 2.23. The maximum Gasteiger partial charge on any atom is 0.173 e. The Hall–Kier alpha value is -1.26. The number of aromatic nitrogens is 1. The molecule has 4 bridgehead atoms. The van der Waals surface area contributed by atoms with Crippen LogP contribution in [-0.2, 0) is 0 Å². The van der Waals surface area contributed by atoms with E-state index in [0.717, 1.165) is 12.5 Å². The first-order valence-corrected chi connectivity index (χ1v) is 7.14. The van der Waals surface area contributed by atoms with Crippen LogP contribution in [0.15, 0.2) is 29.6 Å². The van der Waals surface area contributed by atoms with Crippen molar-refractivity contribution >= 4 is 11.6 Å². The van der Waals surface area contributed by atoms with Crippen LogP contribution in [-0.4, -0.2) is 29.5 Å². The van der Waals surface area contributed by atoms with Gasteiger partial charge in [0.1, 0.15) is 5.15 Å². The smallest absolute Gasteiger partial charge is 0.173 e. The Labute approximate surface area is 117 Å². The van der Waals surface area contributed by atoms with E-state index in [4.69, 9.17) is 16.4 Å². The van der Waals surface area contributed by atoms with Gasteiger partial charge in [0.05, 0.1) is 11.9 Å². The molecule has 3 unspecified atom stereocenters. The molecule has 1 N–H and O–H groups in total. The zero-order valence-electron chi connectivity index (χ0n) is 10.6. The van der Waals surface area contributed by atoms with Crippen LogP contribution in [0, 0.1) is 11.8 Å². The molecule has 1 aliphatic carbocycles. The quantitative estimate of drug-likeness (QED) is 0.679. The Morgan fingerprint density at radius 2 is 2.32 bits per heavy atom. The number of hydroxylamine groups is 1. The summed E-state index contributed by atoms with van der Waals surface area (Å²) in [4.78, 5) is 12.2. The molecular formula is C14H16ClN3O. The van der Waals surface area contributed by atoms with Crippen LogP contribution >= 0.6 is 11.6 Å². The van der Waals surface area contributed by atoms with Crippen molar-refractivity contribution in [2.75, 3.05) is 19.6 Å². The molecule has 19 heavy (non-hydrogen) atoms. The van der Waals surface area contributed by atoms with Gasteiger partial charge in [0.2, 0.25) is 0 Å². The Balaban J connectivity index is 1.50. The molecule has 2 fully saturated rings. The van der Waals surface area contributed by atoms with Crippen LogP contribution in [0.5, 0.6) is 5.75 Å². The molecule has 3 atom stereocenters. The summed E-state index contributed by atoms with van der Waals surface area (Å²) in [6, 6.07) is 3.56. The van der Waals surface area contributed by atoms with E-state index < -0.39 is 0 Å². The van der Waals surface area contributed by atoms with Crippen LogP contribution in [0.3, 0.4) is 0 Å². The molecule has 0 saturated carbocycles. The van der Waals surface area contributed by atoms with Gasteiger partial charge in [0, 0.05) is 25.6 Å². The van der Waals surface area contributed by atoms with Crippen molar-refractivity contribution in [1.29, 1.82) is 0 Å². The van der Waals surface area contributed by atoms with Gasteiger partial charge in [0.25, 0.3) is 0 Å². The summed E-state index contributed by atoms with van der Waals surface area (Å²) in [7, 11) is 0.